The van der Waals surface area contributed by atoms with Crippen LogP contribution >= 0.6 is 0 Å². The van der Waals surface area contributed by atoms with Gasteiger partial charge in [0.15, 0.2) is 0 Å². The maximum absolute atomic E-state index is 13.5. The predicted molar refractivity (Wildman–Crippen MR) is 118 cm³/mol. The molecule has 33 heavy (non-hydrogen) atoms. The number of amides is 1. The fraction of sp³-hybridized carbons (Fsp3) is 0.636. The Balaban J connectivity index is 1.93. The number of piperidine rings is 1. The summed E-state index contributed by atoms with van der Waals surface area (Å²) < 4.78 is 67.0. The Morgan fingerprint density at radius 2 is 1.91 bits per heavy atom. The predicted octanol–water partition coefficient (Wildman–Crippen LogP) is 3.07. The first-order valence-corrected chi connectivity index (χ1v) is 12.5. The molecule has 0 aliphatic carbocycles. The van der Waals surface area contributed by atoms with Gasteiger partial charge in [-0.2, -0.15) is 18.4 Å². The molecule has 182 valence electrons. The van der Waals surface area contributed by atoms with Crippen molar-refractivity contribution < 1.29 is 26.4 Å². The molecule has 0 N–H and O–H groups in total. The molecule has 11 heteroatoms. The van der Waals surface area contributed by atoms with Crippen LogP contribution in [0.25, 0.3) is 0 Å². The number of rotatable bonds is 5. The summed E-state index contributed by atoms with van der Waals surface area (Å²) in [5.74, 6) is -0.134. The maximum atomic E-state index is 13.5. The zero-order chi connectivity index (χ0) is 24.6. The number of alkyl halides is 3. The summed E-state index contributed by atoms with van der Waals surface area (Å²) in [4.78, 5) is 16.1. The molecule has 1 atom stereocenters. The molecule has 7 nitrogen and oxygen atoms in total. The third kappa shape index (κ3) is 5.11. The smallest absolute Gasteiger partial charge is 0.359 e. The zero-order valence-corrected chi connectivity index (χ0v) is 19.8. The van der Waals surface area contributed by atoms with E-state index in [0.29, 0.717) is 45.3 Å². The van der Waals surface area contributed by atoms with Gasteiger partial charge >= 0.3 is 6.18 Å². The minimum atomic E-state index is -4.70. The normalized spacial score (nSPS) is 21.2. The van der Waals surface area contributed by atoms with Crippen LogP contribution < -0.4 is 4.90 Å². The standard InChI is InChI=1S/C22H29F3N4O3S/c1-4-11-33(31,32)28-9-7-21(8-10-28)13-19(20(30)27(2)3)29(15-21)17-6-5-16(14-26)18(12-17)22(23,24)25/h5-6,12,19H,4,7-11,13,15H2,1-3H3. The van der Waals surface area contributed by atoms with Crippen molar-refractivity contribution in [2.24, 2.45) is 5.41 Å². The van der Waals surface area contributed by atoms with E-state index in [1.807, 2.05) is 6.92 Å². The Morgan fingerprint density at radius 3 is 2.42 bits per heavy atom. The molecule has 1 amide bonds. The van der Waals surface area contributed by atoms with Gasteiger partial charge in [0.05, 0.1) is 22.9 Å². The summed E-state index contributed by atoms with van der Waals surface area (Å²) in [6.45, 7) is 2.82. The van der Waals surface area contributed by atoms with Crippen LogP contribution in [0.3, 0.4) is 0 Å². The first-order chi connectivity index (χ1) is 15.3. The number of benzene rings is 1. The number of halogens is 3. The number of carbonyl (C=O) groups excluding carboxylic acids is 1. The Bertz CT molecular complexity index is 1040. The van der Waals surface area contributed by atoms with Crippen LogP contribution in [0.5, 0.6) is 0 Å². The van der Waals surface area contributed by atoms with E-state index in [9.17, 15) is 26.4 Å². The highest BCUT2D eigenvalue weighted by molar-refractivity contribution is 7.89. The Hall–Kier alpha value is -2.32. The van der Waals surface area contributed by atoms with Crippen molar-refractivity contribution in [2.45, 2.75) is 44.8 Å². The van der Waals surface area contributed by atoms with Gasteiger partial charge in [-0.15, -0.1) is 0 Å². The topological polar surface area (TPSA) is 84.7 Å². The van der Waals surface area contributed by atoms with Crippen LogP contribution in [-0.2, 0) is 21.0 Å². The van der Waals surface area contributed by atoms with E-state index in [1.165, 1.54) is 15.3 Å². The van der Waals surface area contributed by atoms with Crippen LogP contribution in [0.15, 0.2) is 18.2 Å². The van der Waals surface area contributed by atoms with E-state index in [-0.39, 0.29) is 22.8 Å². The van der Waals surface area contributed by atoms with Gasteiger partial charge in [-0.1, -0.05) is 6.92 Å². The molecular formula is C22H29F3N4O3S. The number of anilines is 1. The molecule has 0 radical (unpaired) electrons. The number of likely N-dealkylation sites (N-methyl/N-ethyl adjacent to an activating group) is 1. The Kier molecular flexibility index (Phi) is 7.01. The molecule has 0 bridgehead atoms. The van der Waals surface area contributed by atoms with Crippen molar-refractivity contribution in [3.63, 3.8) is 0 Å². The van der Waals surface area contributed by atoms with Crippen LogP contribution in [0.4, 0.5) is 18.9 Å². The zero-order valence-electron chi connectivity index (χ0n) is 19.0. The minimum absolute atomic E-state index is 0.0827. The van der Waals surface area contributed by atoms with E-state index >= 15 is 0 Å². The average molecular weight is 487 g/mol. The fourth-order valence-corrected chi connectivity index (χ4v) is 6.39. The third-order valence-electron chi connectivity index (χ3n) is 6.63. The van der Waals surface area contributed by atoms with Gasteiger partial charge in [-0.05, 0) is 49.3 Å². The van der Waals surface area contributed by atoms with Crippen LogP contribution in [-0.4, -0.2) is 69.1 Å². The summed E-state index contributed by atoms with van der Waals surface area (Å²) in [5, 5.41) is 9.10. The number of hydrogen-bond acceptors (Lipinski definition) is 5. The molecular weight excluding hydrogens is 457 g/mol. The minimum Gasteiger partial charge on any atom is -0.359 e. The molecule has 1 spiro atoms. The van der Waals surface area contributed by atoms with E-state index in [1.54, 1.807) is 25.1 Å². The van der Waals surface area contributed by atoms with Gasteiger partial charge < -0.3 is 9.80 Å². The van der Waals surface area contributed by atoms with Crippen LogP contribution in [0.2, 0.25) is 0 Å². The van der Waals surface area contributed by atoms with Crippen LogP contribution in [0.1, 0.15) is 43.7 Å². The van der Waals surface area contributed by atoms with Crippen molar-refractivity contribution in [2.75, 3.05) is 44.4 Å². The fourth-order valence-electron chi connectivity index (χ4n) is 4.88. The lowest BCUT2D eigenvalue weighted by atomic mass is 9.77. The highest BCUT2D eigenvalue weighted by Gasteiger charge is 2.49. The molecule has 0 aromatic heterocycles. The van der Waals surface area contributed by atoms with E-state index in [0.717, 1.165) is 12.1 Å². The lowest BCUT2D eigenvalue weighted by Gasteiger charge is -2.38. The van der Waals surface area contributed by atoms with Gasteiger partial charge in [0.25, 0.3) is 0 Å². The summed E-state index contributed by atoms with van der Waals surface area (Å²) in [6.07, 6.45) is -2.67. The third-order valence-corrected chi connectivity index (χ3v) is 8.71. The lowest BCUT2D eigenvalue weighted by Crippen LogP contribution is -2.45. The Labute approximate surface area is 192 Å². The van der Waals surface area contributed by atoms with Crippen molar-refractivity contribution in [3.8, 4) is 6.07 Å². The first-order valence-electron chi connectivity index (χ1n) is 10.9. The molecule has 0 saturated carbocycles. The second-order valence-electron chi connectivity index (χ2n) is 9.13. The molecule has 2 fully saturated rings. The second kappa shape index (κ2) is 9.14. The van der Waals surface area contributed by atoms with E-state index in [2.05, 4.69) is 0 Å². The SMILES string of the molecule is CCCS(=O)(=O)N1CCC2(CC1)CC(C(=O)N(C)C)N(c1ccc(C#N)c(C(F)(F)F)c1)C2. The van der Waals surface area contributed by atoms with Crippen molar-refractivity contribution >= 4 is 21.6 Å². The summed E-state index contributed by atoms with van der Waals surface area (Å²) in [6, 6.07) is 4.45. The summed E-state index contributed by atoms with van der Waals surface area (Å²) >= 11 is 0. The van der Waals surface area contributed by atoms with Crippen molar-refractivity contribution in [1.29, 1.82) is 5.26 Å². The molecule has 2 saturated heterocycles. The van der Waals surface area contributed by atoms with Crippen molar-refractivity contribution in [3.05, 3.63) is 29.3 Å². The van der Waals surface area contributed by atoms with Gasteiger partial charge in [0.1, 0.15) is 6.04 Å². The second-order valence-corrected chi connectivity index (χ2v) is 11.2. The van der Waals surface area contributed by atoms with E-state index in [4.69, 9.17) is 5.26 Å². The number of nitriles is 1. The number of nitrogens with zero attached hydrogens (tertiary/aromatic N) is 4. The Morgan fingerprint density at radius 1 is 1.27 bits per heavy atom. The van der Waals surface area contributed by atoms with Gasteiger partial charge in [0, 0.05) is 39.4 Å². The molecule has 1 aromatic carbocycles. The molecule has 2 aliphatic heterocycles. The summed E-state index contributed by atoms with van der Waals surface area (Å²) in [7, 11) is -0.124. The summed E-state index contributed by atoms with van der Waals surface area (Å²) in [5.41, 5.74) is -1.63. The maximum Gasteiger partial charge on any atom is 0.417 e. The van der Waals surface area contributed by atoms with Gasteiger partial charge in [-0.3, -0.25) is 4.79 Å². The van der Waals surface area contributed by atoms with Gasteiger partial charge in [-0.25, -0.2) is 12.7 Å². The largest absolute Gasteiger partial charge is 0.417 e. The number of hydrogen-bond donors (Lipinski definition) is 0. The average Bonchev–Trinajstić information content (AvgIpc) is 3.11. The number of carbonyl (C=O) groups is 1. The highest BCUT2D eigenvalue weighted by Crippen LogP contribution is 2.46. The van der Waals surface area contributed by atoms with Crippen molar-refractivity contribution in [1.82, 2.24) is 9.21 Å². The molecule has 2 aliphatic rings. The van der Waals surface area contributed by atoms with E-state index < -0.39 is 33.4 Å². The molecule has 1 unspecified atom stereocenters. The molecule has 2 heterocycles. The van der Waals surface area contributed by atoms with Crippen LogP contribution in [0, 0.1) is 16.7 Å². The van der Waals surface area contributed by atoms with Gasteiger partial charge in [0.2, 0.25) is 15.9 Å². The number of sulfonamides is 1. The monoisotopic (exact) mass is 486 g/mol. The highest BCUT2D eigenvalue weighted by atomic mass is 32.2. The lowest BCUT2D eigenvalue weighted by molar-refractivity contribution is -0.137. The quantitative estimate of drug-likeness (QED) is 0.639. The molecule has 1 aromatic rings. The first kappa shape index (κ1) is 25.3. The molecule has 3 rings (SSSR count).